The number of benzene rings is 3. The van der Waals surface area contributed by atoms with E-state index in [9.17, 15) is 33.2 Å². The Bertz CT molecular complexity index is 2670. The molecule has 3 aromatic carbocycles. The number of nitrogens with zero attached hydrogens (tertiary/aromatic N) is 7. The van der Waals surface area contributed by atoms with E-state index in [1.165, 1.54) is 38.2 Å². The second kappa shape index (κ2) is 23.9. The summed E-state index contributed by atoms with van der Waals surface area (Å²) in [6, 6.07) is 19.5. The number of piperidine rings is 2. The normalized spacial score (nSPS) is 21.7. The number of halogens is 1. The smallest absolute Gasteiger partial charge is 0.272 e. The minimum Gasteiger partial charge on any atom is -0.366 e. The van der Waals surface area contributed by atoms with Crippen molar-refractivity contribution in [2.45, 2.75) is 102 Å². The molecule has 4 aliphatic heterocycles. The number of nitrogens with one attached hydrogen (secondary N) is 1. The van der Waals surface area contributed by atoms with Crippen LogP contribution in [0.4, 0.5) is 4.39 Å². The summed E-state index contributed by atoms with van der Waals surface area (Å²) in [5, 5.41) is 8.01. The molecule has 6 fully saturated rings. The van der Waals surface area contributed by atoms with Crippen molar-refractivity contribution in [2.24, 2.45) is 23.5 Å². The fourth-order valence-corrected chi connectivity index (χ4v) is 12.0. The first-order chi connectivity index (χ1) is 35.4. The Kier molecular flexibility index (Phi) is 17.0. The lowest BCUT2D eigenvalue weighted by atomic mass is 9.86. The SMILES string of the molecule is C[C@H]1CN(CC2CCN(CC(=O)N3CCN(C(=O)c4cc(Cc5n[nH]c(=O)c6ccccc56)ccc4F)CC3)CC2)CCN1C(=O)CC1CCCCC1.NC(=O)c1cccc(C2CCCN(C(=O)C3CC3)C2)c1. The van der Waals surface area contributed by atoms with Crippen LogP contribution in [0.25, 0.3) is 10.8 Å². The van der Waals surface area contributed by atoms with Gasteiger partial charge in [-0.1, -0.05) is 55.7 Å². The number of piperazine rings is 2. The van der Waals surface area contributed by atoms with Crippen molar-refractivity contribution in [3.05, 3.63) is 111 Å². The average molecular weight is 1000 g/mol. The number of nitrogens with two attached hydrogens (primary N) is 1. The molecular formula is C57H74FN9O6. The lowest BCUT2D eigenvalue weighted by Gasteiger charge is -2.43. The molecule has 1 unspecified atom stereocenters. The van der Waals surface area contributed by atoms with Crippen LogP contribution in [0.5, 0.6) is 0 Å². The maximum atomic E-state index is 15.0. The highest BCUT2D eigenvalue weighted by Gasteiger charge is 2.36. The van der Waals surface area contributed by atoms with Crippen molar-refractivity contribution >= 4 is 40.3 Å². The van der Waals surface area contributed by atoms with Crippen molar-refractivity contribution < 1.29 is 28.4 Å². The molecule has 15 nitrogen and oxygen atoms in total. The van der Waals surface area contributed by atoms with E-state index in [4.69, 9.17) is 5.73 Å². The zero-order valence-corrected chi connectivity index (χ0v) is 42.7. The molecule has 390 valence electrons. The Morgan fingerprint density at radius 3 is 2.15 bits per heavy atom. The molecule has 0 spiro atoms. The van der Waals surface area contributed by atoms with Gasteiger partial charge in [0.25, 0.3) is 11.5 Å². The first kappa shape index (κ1) is 51.9. The summed E-state index contributed by atoms with van der Waals surface area (Å²) in [6.07, 6.45) is 13.7. The van der Waals surface area contributed by atoms with E-state index in [1.54, 1.807) is 35.2 Å². The fraction of sp³-hybridized carbons (Fsp3) is 0.561. The van der Waals surface area contributed by atoms with Gasteiger partial charge in [0.05, 0.1) is 23.2 Å². The number of primary amides is 1. The van der Waals surface area contributed by atoms with E-state index in [0.717, 1.165) is 108 Å². The molecular weight excluding hydrogens is 926 g/mol. The second-order valence-electron chi connectivity index (χ2n) is 21.7. The average Bonchev–Trinajstić information content (AvgIpc) is 4.27. The van der Waals surface area contributed by atoms with Gasteiger partial charge in [-0.3, -0.25) is 38.6 Å². The van der Waals surface area contributed by atoms with Gasteiger partial charge in [-0.15, -0.1) is 0 Å². The number of fused-ring (bicyclic) bond motifs is 1. The Balaban J connectivity index is 0.000000273. The molecule has 0 radical (unpaired) electrons. The monoisotopic (exact) mass is 1000 g/mol. The van der Waals surface area contributed by atoms with Gasteiger partial charge in [0.1, 0.15) is 5.82 Å². The summed E-state index contributed by atoms with van der Waals surface area (Å²) in [5.74, 6) is 1.16. The molecule has 3 N–H and O–H groups in total. The van der Waals surface area contributed by atoms with E-state index in [0.29, 0.717) is 90.9 Å². The van der Waals surface area contributed by atoms with Gasteiger partial charge in [-0.2, -0.15) is 5.10 Å². The summed E-state index contributed by atoms with van der Waals surface area (Å²) in [5.41, 5.74) is 8.08. The number of aromatic nitrogens is 2. The molecule has 10 rings (SSSR count). The maximum Gasteiger partial charge on any atom is 0.272 e. The summed E-state index contributed by atoms with van der Waals surface area (Å²) in [7, 11) is 0. The zero-order chi connectivity index (χ0) is 51.0. The van der Waals surface area contributed by atoms with Crippen LogP contribution in [-0.4, -0.2) is 160 Å². The topological polar surface area (TPSA) is 177 Å². The third-order valence-electron chi connectivity index (χ3n) is 16.4. The van der Waals surface area contributed by atoms with Crippen LogP contribution in [0.15, 0.2) is 71.5 Å². The number of rotatable bonds is 12. The van der Waals surface area contributed by atoms with E-state index < -0.39 is 11.7 Å². The molecule has 5 heterocycles. The van der Waals surface area contributed by atoms with Gasteiger partial charge in [-0.25, -0.2) is 9.49 Å². The first-order valence-electron chi connectivity index (χ1n) is 27.1. The summed E-state index contributed by atoms with van der Waals surface area (Å²) < 4.78 is 15.0. The number of hydrogen-bond acceptors (Lipinski definition) is 9. The molecule has 2 aliphatic carbocycles. The summed E-state index contributed by atoms with van der Waals surface area (Å²) >= 11 is 0. The standard InChI is InChI=1S/C41H54FN7O4.C16H20N2O2/c1-29-26-46(17-22-49(29)38(50)25-30-7-3-2-4-8-30)27-31-13-15-45(16-14-31)28-39(51)47-18-20-48(21-19-47)41(53)35-23-32(11-12-36(35)42)24-37-33-9-5-6-10-34(33)40(52)44-43-37;17-15(19)13-4-1-3-12(9-13)14-5-2-8-18(10-14)16(20)11-6-7-11/h5-6,9-12,23,29-31H,2-4,7-8,13-22,24-28H2,1H3,(H,44,52);1,3-4,9,11,14H,2,5-8,10H2,(H2,17,19)/t29-;/m0./s1. The van der Waals surface area contributed by atoms with Gasteiger partial charge >= 0.3 is 0 Å². The van der Waals surface area contributed by atoms with Crippen molar-refractivity contribution in [3.63, 3.8) is 0 Å². The van der Waals surface area contributed by atoms with Gasteiger partial charge in [0, 0.05) is 107 Å². The van der Waals surface area contributed by atoms with Gasteiger partial charge in [-0.05, 0) is 125 Å². The second-order valence-corrected chi connectivity index (χ2v) is 21.7. The van der Waals surface area contributed by atoms with Crippen LogP contribution in [0.2, 0.25) is 0 Å². The third-order valence-corrected chi connectivity index (χ3v) is 16.4. The third kappa shape index (κ3) is 13.2. The zero-order valence-electron chi connectivity index (χ0n) is 42.7. The molecule has 1 aromatic heterocycles. The fourth-order valence-electron chi connectivity index (χ4n) is 12.0. The van der Waals surface area contributed by atoms with Crippen molar-refractivity contribution in [1.82, 2.24) is 39.6 Å². The van der Waals surface area contributed by atoms with Gasteiger partial charge in [0.2, 0.25) is 23.6 Å². The van der Waals surface area contributed by atoms with Crippen LogP contribution >= 0.6 is 0 Å². The Morgan fingerprint density at radius 1 is 0.685 bits per heavy atom. The number of carbonyl (C=O) groups is 5. The van der Waals surface area contributed by atoms with Crippen LogP contribution < -0.4 is 11.3 Å². The van der Waals surface area contributed by atoms with Gasteiger partial charge in [0.15, 0.2) is 0 Å². The largest absolute Gasteiger partial charge is 0.366 e. The van der Waals surface area contributed by atoms with Crippen LogP contribution in [0, 0.1) is 23.6 Å². The van der Waals surface area contributed by atoms with E-state index in [-0.39, 0.29) is 34.9 Å². The van der Waals surface area contributed by atoms with E-state index in [1.807, 2.05) is 40.1 Å². The Labute approximate surface area is 428 Å². The van der Waals surface area contributed by atoms with Crippen LogP contribution in [0.1, 0.15) is 127 Å². The van der Waals surface area contributed by atoms with Crippen LogP contribution in [-0.2, 0) is 20.8 Å². The van der Waals surface area contributed by atoms with Crippen LogP contribution in [0.3, 0.4) is 0 Å². The minimum atomic E-state index is -0.586. The molecule has 2 atom stereocenters. The van der Waals surface area contributed by atoms with Crippen molar-refractivity contribution in [1.29, 1.82) is 0 Å². The van der Waals surface area contributed by atoms with Crippen molar-refractivity contribution in [3.8, 4) is 0 Å². The highest BCUT2D eigenvalue weighted by molar-refractivity contribution is 5.95. The van der Waals surface area contributed by atoms with Crippen molar-refractivity contribution in [2.75, 3.05) is 85.1 Å². The highest BCUT2D eigenvalue weighted by Crippen LogP contribution is 2.35. The molecule has 5 amide bonds. The molecule has 4 saturated heterocycles. The number of amides is 5. The molecule has 4 aromatic rings. The molecule has 6 aliphatic rings. The molecule has 16 heteroatoms. The van der Waals surface area contributed by atoms with Gasteiger partial charge < -0.3 is 25.3 Å². The number of aromatic amines is 1. The minimum absolute atomic E-state index is 0.00152. The molecule has 0 bridgehead atoms. The Hall–Kier alpha value is -6.00. The lowest BCUT2D eigenvalue weighted by Crippen LogP contribution is -2.55. The summed E-state index contributed by atoms with van der Waals surface area (Å²) in [4.78, 5) is 87.8. The number of hydrogen-bond donors (Lipinski definition) is 2. The number of carbonyl (C=O) groups excluding carboxylic acids is 5. The predicted molar refractivity (Wildman–Crippen MR) is 278 cm³/mol. The molecule has 2 saturated carbocycles. The maximum absolute atomic E-state index is 15.0. The Morgan fingerprint density at radius 2 is 1.42 bits per heavy atom. The van der Waals surface area contributed by atoms with E-state index in [2.05, 4.69) is 31.8 Å². The lowest BCUT2D eigenvalue weighted by molar-refractivity contribution is -0.137. The predicted octanol–water partition coefficient (Wildman–Crippen LogP) is 6.05. The first-order valence-corrected chi connectivity index (χ1v) is 27.1. The summed E-state index contributed by atoms with van der Waals surface area (Å²) in [6.45, 7) is 11.3. The van der Waals surface area contributed by atoms with E-state index >= 15 is 0 Å². The number of H-pyrrole nitrogens is 1. The number of likely N-dealkylation sites (tertiary alicyclic amines) is 2. The molecule has 73 heavy (non-hydrogen) atoms. The highest BCUT2D eigenvalue weighted by atomic mass is 19.1. The quantitative estimate of drug-likeness (QED) is 0.171.